The minimum Gasteiger partial charge on any atom is -0.307 e. The predicted molar refractivity (Wildman–Crippen MR) is 113 cm³/mol. The van der Waals surface area contributed by atoms with Gasteiger partial charge >= 0.3 is 0 Å². The molecule has 3 saturated heterocycles. The maximum Gasteiger partial charge on any atom is 0.107 e. The van der Waals surface area contributed by atoms with E-state index >= 15 is 0 Å². The Balaban J connectivity index is 1.22. The highest BCUT2D eigenvalue weighted by atomic mass is 32.1. The Labute approximate surface area is 164 Å². The molecule has 1 N–H and O–H groups in total. The van der Waals surface area contributed by atoms with Crippen LogP contribution in [0.3, 0.4) is 0 Å². The number of rotatable bonds is 5. The average Bonchev–Trinajstić information content (AvgIpc) is 3.21. The zero-order valence-corrected chi connectivity index (χ0v) is 16.0. The van der Waals surface area contributed by atoms with Gasteiger partial charge in [0.2, 0.25) is 0 Å². The molecule has 0 radical (unpaired) electrons. The molecule has 1 unspecified atom stereocenters. The highest BCUT2D eigenvalue weighted by Gasteiger charge is 2.46. The predicted octanol–water partition coefficient (Wildman–Crippen LogP) is 4.25. The van der Waals surface area contributed by atoms with Crippen LogP contribution in [0.4, 0.5) is 0 Å². The van der Waals surface area contributed by atoms with Gasteiger partial charge in [-0.05, 0) is 16.7 Å². The number of nitrogens with zero attached hydrogens (tertiary/aromatic N) is 2. The van der Waals surface area contributed by atoms with Crippen LogP contribution in [0, 0.1) is 0 Å². The second-order valence-corrected chi connectivity index (χ2v) is 8.42. The lowest BCUT2D eigenvalue weighted by atomic mass is 9.74. The number of fused-ring (bicyclic) bond motifs is 2. The third-order valence-electron chi connectivity index (χ3n) is 5.64. The van der Waals surface area contributed by atoms with Gasteiger partial charge in [0, 0.05) is 42.7 Å². The molecule has 4 heterocycles. The van der Waals surface area contributed by atoms with Gasteiger partial charge in [-0.2, -0.15) is 0 Å². The van der Waals surface area contributed by atoms with Gasteiger partial charge in [0.05, 0.1) is 6.54 Å². The van der Waals surface area contributed by atoms with Gasteiger partial charge in [-0.1, -0.05) is 66.7 Å². The van der Waals surface area contributed by atoms with Crippen molar-refractivity contribution in [3.05, 3.63) is 87.9 Å². The summed E-state index contributed by atoms with van der Waals surface area (Å²) < 4.78 is 0. The molecule has 3 aromatic rings. The quantitative estimate of drug-likeness (QED) is 0.678. The fraction of sp³-hybridized carbons (Fsp3) is 0.261. The highest BCUT2D eigenvalue weighted by Crippen LogP contribution is 2.37. The van der Waals surface area contributed by atoms with Crippen molar-refractivity contribution in [1.29, 1.82) is 0 Å². The van der Waals surface area contributed by atoms with E-state index in [0.29, 0.717) is 18.0 Å². The molecule has 2 aromatic carbocycles. The first-order valence-corrected chi connectivity index (χ1v) is 10.4. The molecule has 6 rings (SSSR count). The van der Waals surface area contributed by atoms with Crippen LogP contribution in [0.5, 0.6) is 0 Å². The first-order valence-electron chi connectivity index (χ1n) is 9.55. The second-order valence-electron chi connectivity index (χ2n) is 7.44. The summed E-state index contributed by atoms with van der Waals surface area (Å²) >= 11 is 1.75. The van der Waals surface area contributed by atoms with Crippen molar-refractivity contribution in [3.8, 4) is 0 Å². The maximum absolute atomic E-state index is 4.43. The standard InChI is InChI=1S/C23H23N3S/c1-2-4-17(5-3-1)6-7-18-8-10-19(11-9-18)23-20-14-26(15-21(23)25-20)16-22-24-12-13-27-22/h1-13,20-21,23,25H,14-16H2/t20-,21+,23?. The van der Waals surface area contributed by atoms with Gasteiger partial charge in [-0.3, -0.25) is 4.90 Å². The fourth-order valence-electron chi connectivity index (χ4n) is 4.31. The Kier molecular flexibility index (Phi) is 4.62. The van der Waals surface area contributed by atoms with Crippen LogP contribution in [-0.4, -0.2) is 35.1 Å². The first-order chi connectivity index (χ1) is 13.3. The average molecular weight is 374 g/mol. The minimum absolute atomic E-state index is 0.564. The molecule has 3 fully saturated rings. The smallest absolute Gasteiger partial charge is 0.107 e. The summed E-state index contributed by atoms with van der Waals surface area (Å²) in [4.78, 5) is 6.97. The fourth-order valence-corrected chi connectivity index (χ4v) is 4.97. The van der Waals surface area contributed by atoms with E-state index in [0.717, 1.165) is 19.6 Å². The maximum atomic E-state index is 4.43. The van der Waals surface area contributed by atoms with Crippen molar-refractivity contribution < 1.29 is 0 Å². The van der Waals surface area contributed by atoms with Crippen molar-refractivity contribution in [2.24, 2.45) is 0 Å². The Bertz CT molecular complexity index is 891. The Morgan fingerprint density at radius 1 is 0.963 bits per heavy atom. The number of aromatic nitrogens is 1. The molecule has 136 valence electrons. The summed E-state index contributed by atoms with van der Waals surface area (Å²) in [5, 5.41) is 7.01. The molecule has 0 saturated carbocycles. The zero-order chi connectivity index (χ0) is 18.1. The van der Waals surface area contributed by atoms with E-state index < -0.39 is 0 Å². The first kappa shape index (κ1) is 16.9. The van der Waals surface area contributed by atoms with Crippen molar-refractivity contribution >= 4 is 23.5 Å². The Morgan fingerprint density at radius 3 is 2.33 bits per heavy atom. The summed E-state index contributed by atoms with van der Waals surface area (Å²) in [6.07, 6.45) is 6.26. The van der Waals surface area contributed by atoms with E-state index in [1.807, 2.05) is 12.3 Å². The van der Waals surface area contributed by atoms with E-state index in [2.05, 4.69) is 81.3 Å². The van der Waals surface area contributed by atoms with Crippen molar-refractivity contribution in [2.45, 2.75) is 24.5 Å². The van der Waals surface area contributed by atoms with E-state index in [-0.39, 0.29) is 0 Å². The van der Waals surface area contributed by atoms with E-state index in [1.165, 1.54) is 21.7 Å². The van der Waals surface area contributed by atoms with Gasteiger partial charge in [-0.25, -0.2) is 4.98 Å². The molecular formula is C23H23N3S. The minimum atomic E-state index is 0.564. The van der Waals surface area contributed by atoms with Gasteiger partial charge in [0.1, 0.15) is 5.01 Å². The molecule has 3 aliphatic heterocycles. The van der Waals surface area contributed by atoms with Gasteiger partial charge in [0.25, 0.3) is 0 Å². The normalized spacial score (nSPS) is 24.8. The number of nitrogens with one attached hydrogen (secondary N) is 1. The largest absolute Gasteiger partial charge is 0.307 e. The number of hydrogen-bond donors (Lipinski definition) is 1. The number of hydrogen-bond acceptors (Lipinski definition) is 4. The van der Waals surface area contributed by atoms with Crippen LogP contribution in [0.15, 0.2) is 66.2 Å². The number of thiazole rings is 1. The Morgan fingerprint density at radius 2 is 1.67 bits per heavy atom. The summed E-state index contributed by atoms with van der Waals surface area (Å²) in [5.74, 6) is 0.643. The van der Waals surface area contributed by atoms with Crippen molar-refractivity contribution in [3.63, 3.8) is 0 Å². The van der Waals surface area contributed by atoms with Crippen LogP contribution in [0.25, 0.3) is 12.2 Å². The second kappa shape index (κ2) is 7.39. The van der Waals surface area contributed by atoms with Crippen LogP contribution in [0.2, 0.25) is 0 Å². The molecule has 3 nitrogen and oxygen atoms in total. The van der Waals surface area contributed by atoms with Gasteiger partial charge in [0.15, 0.2) is 0 Å². The third kappa shape index (κ3) is 3.61. The molecule has 0 amide bonds. The monoisotopic (exact) mass is 373 g/mol. The highest BCUT2D eigenvalue weighted by molar-refractivity contribution is 7.09. The van der Waals surface area contributed by atoms with Gasteiger partial charge < -0.3 is 5.32 Å². The Hall–Kier alpha value is -2.27. The van der Waals surface area contributed by atoms with E-state index in [4.69, 9.17) is 0 Å². The van der Waals surface area contributed by atoms with E-state index in [9.17, 15) is 0 Å². The lowest BCUT2D eigenvalue weighted by Crippen LogP contribution is -2.71. The molecule has 0 spiro atoms. The number of piperazine rings is 1. The van der Waals surface area contributed by atoms with Crippen LogP contribution < -0.4 is 5.32 Å². The molecule has 3 aliphatic rings. The lowest BCUT2D eigenvalue weighted by Gasteiger charge is -2.54. The van der Waals surface area contributed by atoms with Crippen LogP contribution in [0.1, 0.15) is 27.6 Å². The SMILES string of the molecule is C(=Cc1ccc(C2[C@@H]3CN(Cc4nccs4)C[C@H]2N3)cc1)c1ccccc1. The number of piperidine rings is 1. The molecular weight excluding hydrogens is 350 g/mol. The van der Waals surface area contributed by atoms with Crippen molar-refractivity contribution in [1.82, 2.24) is 15.2 Å². The molecule has 0 aliphatic carbocycles. The van der Waals surface area contributed by atoms with Crippen LogP contribution in [-0.2, 0) is 6.54 Å². The lowest BCUT2D eigenvalue weighted by molar-refractivity contribution is 0.0470. The molecule has 1 aromatic heterocycles. The van der Waals surface area contributed by atoms with Gasteiger partial charge in [-0.15, -0.1) is 11.3 Å². The topological polar surface area (TPSA) is 28.2 Å². The van der Waals surface area contributed by atoms with Crippen LogP contribution >= 0.6 is 11.3 Å². The van der Waals surface area contributed by atoms with Crippen molar-refractivity contribution in [2.75, 3.05) is 13.1 Å². The van der Waals surface area contributed by atoms with E-state index in [1.54, 1.807) is 11.3 Å². The summed E-state index contributed by atoms with van der Waals surface area (Å²) in [6, 6.07) is 20.7. The third-order valence-corrected chi connectivity index (χ3v) is 6.40. The zero-order valence-electron chi connectivity index (χ0n) is 15.2. The summed E-state index contributed by atoms with van der Waals surface area (Å²) in [6.45, 7) is 3.20. The number of benzene rings is 2. The molecule has 4 heteroatoms. The molecule has 2 bridgehead atoms. The summed E-state index contributed by atoms with van der Waals surface area (Å²) in [5.41, 5.74) is 3.96. The molecule has 27 heavy (non-hydrogen) atoms. The molecule has 3 atom stereocenters. The summed E-state index contributed by atoms with van der Waals surface area (Å²) in [7, 11) is 0.